The maximum atomic E-state index is 11.8. The number of aromatic nitrogens is 1. The van der Waals surface area contributed by atoms with Crippen molar-refractivity contribution < 1.29 is 9.63 Å². The Kier molecular flexibility index (Phi) is 4.95. The number of nitriles is 1. The summed E-state index contributed by atoms with van der Waals surface area (Å²) in [5.41, 5.74) is 4.06. The number of carbonyl (C=O) groups excluding carboxylic acids is 1. The molecule has 1 amide bonds. The molecule has 0 spiro atoms. The third kappa shape index (κ3) is 3.70. The molecule has 0 unspecified atom stereocenters. The number of H-pyrrole nitrogens is 1. The van der Waals surface area contributed by atoms with E-state index in [9.17, 15) is 4.79 Å². The van der Waals surface area contributed by atoms with E-state index in [2.05, 4.69) is 42.3 Å². The van der Waals surface area contributed by atoms with Gasteiger partial charge in [0.15, 0.2) is 0 Å². The number of rotatable bonds is 4. The van der Waals surface area contributed by atoms with Crippen LogP contribution in [0.3, 0.4) is 0 Å². The summed E-state index contributed by atoms with van der Waals surface area (Å²) >= 11 is 6.53. The molecule has 7 heteroatoms. The predicted molar refractivity (Wildman–Crippen MR) is 79.6 cm³/mol. The Bertz CT molecular complexity index is 657. The Balaban J connectivity index is 1.89. The molecule has 0 bridgehead atoms. The Morgan fingerprint density at radius 3 is 2.85 bits per heavy atom. The molecule has 102 valence electrons. The number of nitrogens with one attached hydrogen (secondary N) is 2. The highest BCUT2D eigenvalue weighted by Gasteiger charge is 2.11. The van der Waals surface area contributed by atoms with Crippen molar-refractivity contribution in [3.63, 3.8) is 0 Å². The van der Waals surface area contributed by atoms with Gasteiger partial charge in [-0.15, -0.1) is 0 Å². The summed E-state index contributed by atoms with van der Waals surface area (Å²) in [7, 11) is 0. The summed E-state index contributed by atoms with van der Waals surface area (Å²) in [6.45, 7) is 0.185. The summed E-state index contributed by atoms with van der Waals surface area (Å²) in [4.78, 5) is 19.7. The molecule has 0 aliphatic rings. The van der Waals surface area contributed by atoms with E-state index in [0.717, 1.165) is 10.0 Å². The van der Waals surface area contributed by atoms with Crippen molar-refractivity contribution in [2.75, 3.05) is 0 Å². The smallest absolute Gasteiger partial charge is 0.291 e. The number of carbonyl (C=O) groups is 1. The largest absolute Gasteiger partial charge is 0.344 e. The van der Waals surface area contributed by atoms with Crippen LogP contribution in [0.25, 0.3) is 0 Å². The van der Waals surface area contributed by atoms with E-state index in [4.69, 9.17) is 10.1 Å². The number of hydroxylamine groups is 1. The zero-order valence-corrected chi connectivity index (χ0v) is 13.3. The highest BCUT2D eigenvalue weighted by atomic mass is 79.9. The van der Waals surface area contributed by atoms with Crippen molar-refractivity contribution in [3.8, 4) is 6.07 Å². The molecule has 0 fully saturated rings. The second kappa shape index (κ2) is 6.70. The molecule has 0 aliphatic heterocycles. The average Bonchev–Trinajstić information content (AvgIpc) is 2.79. The summed E-state index contributed by atoms with van der Waals surface area (Å²) in [6.07, 6.45) is 0. The maximum absolute atomic E-state index is 11.8. The molecule has 0 atom stereocenters. The summed E-state index contributed by atoms with van der Waals surface area (Å²) in [6, 6.07) is 10.7. The Morgan fingerprint density at radius 2 is 2.20 bits per heavy atom. The van der Waals surface area contributed by atoms with Gasteiger partial charge in [0.05, 0.1) is 27.3 Å². The van der Waals surface area contributed by atoms with Crippen LogP contribution in [0.5, 0.6) is 0 Å². The van der Waals surface area contributed by atoms with E-state index >= 15 is 0 Å². The normalized spacial score (nSPS) is 10.1. The van der Waals surface area contributed by atoms with Crippen molar-refractivity contribution >= 4 is 37.8 Å². The fourth-order valence-electron chi connectivity index (χ4n) is 1.50. The highest BCUT2D eigenvalue weighted by molar-refractivity contribution is 9.13. The molecule has 2 rings (SSSR count). The Labute approximate surface area is 132 Å². The first-order valence-electron chi connectivity index (χ1n) is 5.55. The minimum atomic E-state index is -0.382. The molecule has 2 aromatic rings. The monoisotopic (exact) mass is 397 g/mol. The van der Waals surface area contributed by atoms with Gasteiger partial charge in [0.1, 0.15) is 5.69 Å². The number of benzene rings is 1. The van der Waals surface area contributed by atoms with Gasteiger partial charge in [0.25, 0.3) is 5.91 Å². The van der Waals surface area contributed by atoms with Crippen LogP contribution >= 0.6 is 31.9 Å². The molecular weight excluding hydrogens is 390 g/mol. The van der Waals surface area contributed by atoms with Crippen LogP contribution in [0.15, 0.2) is 39.4 Å². The fraction of sp³-hybridized carbons (Fsp3) is 0.0769. The number of halogens is 2. The van der Waals surface area contributed by atoms with E-state index in [0.29, 0.717) is 15.9 Å². The average molecular weight is 399 g/mol. The minimum Gasteiger partial charge on any atom is -0.344 e. The number of aromatic amines is 1. The quantitative estimate of drug-likeness (QED) is 0.775. The second-order valence-electron chi connectivity index (χ2n) is 3.88. The highest BCUT2D eigenvalue weighted by Crippen LogP contribution is 2.22. The molecule has 1 aromatic carbocycles. The van der Waals surface area contributed by atoms with Gasteiger partial charge in [-0.3, -0.25) is 9.63 Å². The van der Waals surface area contributed by atoms with Gasteiger partial charge >= 0.3 is 0 Å². The molecule has 0 saturated heterocycles. The predicted octanol–water partition coefficient (Wildman–Crippen LogP) is 3.27. The van der Waals surface area contributed by atoms with Crippen LogP contribution in [0.1, 0.15) is 21.6 Å². The SMILES string of the molecule is N#Cc1cccc(CONC(=O)c2cc(Br)c(Br)[nH]2)c1. The number of hydrogen-bond acceptors (Lipinski definition) is 3. The van der Waals surface area contributed by atoms with Gasteiger partial charge in [-0.1, -0.05) is 12.1 Å². The lowest BCUT2D eigenvalue weighted by molar-refractivity contribution is 0.0230. The molecule has 0 saturated carbocycles. The van der Waals surface area contributed by atoms with Gasteiger partial charge in [-0.25, -0.2) is 5.48 Å². The molecule has 2 N–H and O–H groups in total. The van der Waals surface area contributed by atoms with Crippen LogP contribution in [0.2, 0.25) is 0 Å². The van der Waals surface area contributed by atoms with Crippen molar-refractivity contribution in [3.05, 3.63) is 56.2 Å². The van der Waals surface area contributed by atoms with Crippen molar-refractivity contribution in [1.82, 2.24) is 10.5 Å². The fourth-order valence-corrected chi connectivity index (χ4v) is 2.15. The first-order valence-corrected chi connectivity index (χ1v) is 7.14. The number of hydrogen-bond donors (Lipinski definition) is 2. The molecule has 1 heterocycles. The zero-order valence-electron chi connectivity index (χ0n) is 10.1. The molecule has 20 heavy (non-hydrogen) atoms. The summed E-state index contributed by atoms with van der Waals surface area (Å²) in [5.74, 6) is -0.382. The van der Waals surface area contributed by atoms with Crippen LogP contribution in [0, 0.1) is 11.3 Å². The maximum Gasteiger partial charge on any atom is 0.291 e. The van der Waals surface area contributed by atoms with E-state index in [-0.39, 0.29) is 12.5 Å². The lowest BCUT2D eigenvalue weighted by Gasteiger charge is -2.05. The van der Waals surface area contributed by atoms with E-state index < -0.39 is 0 Å². The first-order chi connectivity index (χ1) is 9.60. The van der Waals surface area contributed by atoms with Crippen LogP contribution in [-0.2, 0) is 11.4 Å². The lowest BCUT2D eigenvalue weighted by Crippen LogP contribution is -2.23. The summed E-state index contributed by atoms with van der Waals surface area (Å²) < 4.78 is 1.44. The van der Waals surface area contributed by atoms with E-state index in [1.165, 1.54) is 0 Å². The standard InChI is InChI=1S/C13H9Br2N3O2/c14-10-5-11(17-12(10)15)13(19)18-20-7-9-3-1-2-8(4-9)6-16/h1-5,17H,7H2,(H,18,19). The molecule has 5 nitrogen and oxygen atoms in total. The number of nitrogens with zero attached hydrogens (tertiary/aromatic N) is 1. The van der Waals surface area contributed by atoms with E-state index in [1.54, 1.807) is 24.3 Å². The molecule has 0 radical (unpaired) electrons. The minimum absolute atomic E-state index is 0.185. The summed E-state index contributed by atoms with van der Waals surface area (Å²) in [5, 5.41) is 8.78. The Hall–Kier alpha value is -1.62. The van der Waals surface area contributed by atoms with Crippen LogP contribution < -0.4 is 5.48 Å². The topological polar surface area (TPSA) is 77.9 Å². The van der Waals surface area contributed by atoms with Crippen molar-refractivity contribution in [2.45, 2.75) is 6.61 Å². The Morgan fingerprint density at radius 1 is 1.40 bits per heavy atom. The van der Waals surface area contributed by atoms with Crippen LogP contribution in [-0.4, -0.2) is 10.9 Å². The second-order valence-corrected chi connectivity index (χ2v) is 5.52. The van der Waals surface area contributed by atoms with Gasteiger partial charge in [-0.05, 0) is 55.6 Å². The van der Waals surface area contributed by atoms with Gasteiger partial charge in [0, 0.05) is 0 Å². The lowest BCUT2D eigenvalue weighted by atomic mass is 10.1. The van der Waals surface area contributed by atoms with E-state index in [1.807, 2.05) is 12.1 Å². The first kappa shape index (κ1) is 14.8. The molecule has 1 aromatic heterocycles. The van der Waals surface area contributed by atoms with Crippen LogP contribution in [0.4, 0.5) is 0 Å². The van der Waals surface area contributed by atoms with Crippen molar-refractivity contribution in [2.24, 2.45) is 0 Å². The molecule has 0 aliphatic carbocycles. The third-order valence-corrected chi connectivity index (χ3v) is 4.21. The van der Waals surface area contributed by atoms with Crippen molar-refractivity contribution in [1.29, 1.82) is 5.26 Å². The van der Waals surface area contributed by atoms with Gasteiger partial charge in [0.2, 0.25) is 0 Å². The third-order valence-electron chi connectivity index (χ3n) is 2.43. The molecular formula is C13H9Br2N3O2. The zero-order chi connectivity index (χ0) is 14.5. The van der Waals surface area contributed by atoms with Gasteiger partial charge < -0.3 is 4.98 Å². The number of amides is 1. The van der Waals surface area contributed by atoms with Gasteiger partial charge in [-0.2, -0.15) is 5.26 Å².